The second kappa shape index (κ2) is 4.75. The van der Waals surface area contributed by atoms with Gasteiger partial charge in [0.25, 0.3) is 0 Å². The Labute approximate surface area is 57.7 Å². The van der Waals surface area contributed by atoms with Gasteiger partial charge in [0.1, 0.15) is 0 Å². The monoisotopic (exact) mass is 147 g/mol. The van der Waals surface area contributed by atoms with Gasteiger partial charge in [0.2, 0.25) is 6.41 Å². The van der Waals surface area contributed by atoms with Gasteiger partial charge in [-0.3, -0.25) is 4.79 Å². The van der Waals surface area contributed by atoms with Crippen LogP contribution in [-0.2, 0) is 9.59 Å². The molecule has 1 amide bonds. The number of aliphatic carboxylic acids is 1. The lowest BCUT2D eigenvalue weighted by atomic mass is 10.2. The molecule has 0 aliphatic rings. The van der Waals surface area contributed by atoms with E-state index >= 15 is 0 Å². The van der Waals surface area contributed by atoms with Crippen LogP contribution in [0.15, 0.2) is 0 Å². The molecule has 0 rings (SSSR count). The van der Waals surface area contributed by atoms with Gasteiger partial charge >= 0.3 is 5.97 Å². The SMILES string of the molecule is O=CNCCC(O)C(=O)O. The van der Waals surface area contributed by atoms with Crippen molar-refractivity contribution in [2.45, 2.75) is 12.5 Å². The maximum absolute atomic E-state index is 9.93. The summed E-state index contributed by atoms with van der Waals surface area (Å²) in [4.78, 5) is 19.5. The number of amides is 1. The molecule has 5 nitrogen and oxygen atoms in total. The minimum Gasteiger partial charge on any atom is -0.479 e. The van der Waals surface area contributed by atoms with Crippen molar-refractivity contribution in [3.05, 3.63) is 0 Å². The normalized spacial score (nSPS) is 12.1. The summed E-state index contributed by atoms with van der Waals surface area (Å²) in [6.45, 7) is 0.178. The average Bonchev–Trinajstić information content (AvgIpc) is 1.88. The molecule has 10 heavy (non-hydrogen) atoms. The Morgan fingerprint density at radius 1 is 1.70 bits per heavy atom. The molecule has 1 unspecified atom stereocenters. The van der Waals surface area contributed by atoms with Crippen molar-refractivity contribution in [2.24, 2.45) is 0 Å². The van der Waals surface area contributed by atoms with Gasteiger partial charge in [0.15, 0.2) is 6.10 Å². The Morgan fingerprint density at radius 3 is 2.70 bits per heavy atom. The van der Waals surface area contributed by atoms with Crippen LogP contribution in [-0.4, -0.2) is 35.2 Å². The Bertz CT molecular complexity index is 125. The summed E-state index contributed by atoms with van der Waals surface area (Å²) in [5, 5.41) is 18.9. The third-order valence-corrected chi connectivity index (χ3v) is 0.931. The number of hydrogen-bond donors (Lipinski definition) is 3. The van der Waals surface area contributed by atoms with Crippen LogP contribution < -0.4 is 5.32 Å². The molecule has 0 heterocycles. The zero-order chi connectivity index (χ0) is 7.98. The number of carbonyl (C=O) groups is 2. The smallest absolute Gasteiger partial charge is 0.332 e. The van der Waals surface area contributed by atoms with E-state index in [1.165, 1.54) is 0 Å². The molecule has 0 aliphatic heterocycles. The summed E-state index contributed by atoms with van der Waals surface area (Å²) in [6.07, 6.45) is -0.893. The third kappa shape index (κ3) is 3.85. The molecule has 0 saturated heterocycles. The van der Waals surface area contributed by atoms with Gasteiger partial charge in [-0.1, -0.05) is 0 Å². The molecular weight excluding hydrogens is 138 g/mol. The highest BCUT2D eigenvalue weighted by Gasteiger charge is 2.10. The second-order valence-corrected chi connectivity index (χ2v) is 1.71. The first-order valence-electron chi connectivity index (χ1n) is 2.76. The highest BCUT2D eigenvalue weighted by atomic mass is 16.4. The lowest BCUT2D eigenvalue weighted by molar-refractivity contribution is -0.146. The van der Waals surface area contributed by atoms with Crippen LogP contribution in [0.1, 0.15) is 6.42 Å². The van der Waals surface area contributed by atoms with E-state index in [-0.39, 0.29) is 13.0 Å². The van der Waals surface area contributed by atoms with Crippen LogP contribution in [0.4, 0.5) is 0 Å². The maximum Gasteiger partial charge on any atom is 0.332 e. The predicted octanol–water partition coefficient (Wildman–Crippen LogP) is -1.43. The van der Waals surface area contributed by atoms with E-state index in [0.717, 1.165) is 0 Å². The van der Waals surface area contributed by atoms with E-state index in [0.29, 0.717) is 6.41 Å². The summed E-state index contributed by atoms with van der Waals surface area (Å²) in [6, 6.07) is 0. The Balaban J connectivity index is 3.30. The zero-order valence-corrected chi connectivity index (χ0v) is 5.28. The topological polar surface area (TPSA) is 86.6 Å². The Hall–Kier alpha value is -1.10. The van der Waals surface area contributed by atoms with Gasteiger partial charge in [0.05, 0.1) is 0 Å². The van der Waals surface area contributed by atoms with Crippen LogP contribution in [0.2, 0.25) is 0 Å². The molecule has 0 aromatic heterocycles. The van der Waals surface area contributed by atoms with E-state index in [1.807, 2.05) is 0 Å². The molecule has 5 heteroatoms. The maximum atomic E-state index is 9.93. The number of carbonyl (C=O) groups excluding carboxylic acids is 1. The number of carboxylic acids is 1. The molecule has 0 bridgehead atoms. The fraction of sp³-hybridized carbons (Fsp3) is 0.600. The molecule has 0 aromatic carbocycles. The van der Waals surface area contributed by atoms with Crippen LogP contribution in [0, 0.1) is 0 Å². The van der Waals surface area contributed by atoms with E-state index in [9.17, 15) is 9.59 Å². The second-order valence-electron chi connectivity index (χ2n) is 1.71. The van der Waals surface area contributed by atoms with Crippen molar-refractivity contribution in [3.8, 4) is 0 Å². The largest absolute Gasteiger partial charge is 0.479 e. The number of rotatable bonds is 5. The summed E-state index contributed by atoms with van der Waals surface area (Å²) in [5.74, 6) is -1.27. The van der Waals surface area contributed by atoms with Gasteiger partial charge in [-0.25, -0.2) is 4.79 Å². The predicted molar refractivity (Wildman–Crippen MR) is 32.3 cm³/mol. The summed E-state index contributed by atoms with van der Waals surface area (Å²) >= 11 is 0. The van der Waals surface area contributed by atoms with Gasteiger partial charge < -0.3 is 15.5 Å². The van der Waals surface area contributed by atoms with E-state index in [1.54, 1.807) is 0 Å². The molecule has 0 radical (unpaired) electrons. The minimum atomic E-state index is -1.38. The molecule has 58 valence electrons. The van der Waals surface area contributed by atoms with Crippen LogP contribution in [0.3, 0.4) is 0 Å². The number of aliphatic hydroxyl groups is 1. The minimum absolute atomic E-state index is 0.0358. The van der Waals surface area contributed by atoms with Gasteiger partial charge in [0, 0.05) is 13.0 Å². The zero-order valence-electron chi connectivity index (χ0n) is 5.28. The fourth-order valence-electron chi connectivity index (χ4n) is 0.402. The van der Waals surface area contributed by atoms with Crippen molar-refractivity contribution >= 4 is 12.4 Å². The van der Waals surface area contributed by atoms with Crippen LogP contribution >= 0.6 is 0 Å². The molecule has 0 saturated carbocycles. The first-order valence-corrected chi connectivity index (χ1v) is 2.76. The van der Waals surface area contributed by atoms with Crippen LogP contribution in [0.5, 0.6) is 0 Å². The van der Waals surface area contributed by atoms with Crippen molar-refractivity contribution in [1.82, 2.24) is 5.32 Å². The Morgan fingerprint density at radius 2 is 2.30 bits per heavy atom. The first-order chi connectivity index (χ1) is 4.68. The average molecular weight is 147 g/mol. The highest BCUT2D eigenvalue weighted by molar-refractivity contribution is 5.71. The van der Waals surface area contributed by atoms with E-state index in [2.05, 4.69) is 5.32 Å². The molecular formula is C5H9NO4. The molecule has 0 fully saturated rings. The van der Waals surface area contributed by atoms with Crippen LogP contribution in [0.25, 0.3) is 0 Å². The van der Waals surface area contributed by atoms with Crippen molar-refractivity contribution in [2.75, 3.05) is 6.54 Å². The Kier molecular flexibility index (Phi) is 4.23. The van der Waals surface area contributed by atoms with Crippen molar-refractivity contribution in [1.29, 1.82) is 0 Å². The molecule has 0 aliphatic carbocycles. The number of carboxylic acid groups (broad SMARTS) is 1. The number of nitrogens with one attached hydrogen (secondary N) is 1. The first kappa shape index (κ1) is 8.90. The standard InChI is InChI=1S/C5H9NO4/c7-3-6-2-1-4(8)5(9)10/h3-4,8H,1-2H2,(H,6,7)(H,9,10). The third-order valence-electron chi connectivity index (χ3n) is 0.931. The fourth-order valence-corrected chi connectivity index (χ4v) is 0.402. The number of hydrogen-bond acceptors (Lipinski definition) is 3. The van der Waals surface area contributed by atoms with E-state index in [4.69, 9.17) is 10.2 Å². The lowest BCUT2D eigenvalue weighted by Crippen LogP contribution is -2.25. The quantitative estimate of drug-likeness (QED) is 0.328. The van der Waals surface area contributed by atoms with E-state index < -0.39 is 12.1 Å². The van der Waals surface area contributed by atoms with Gasteiger partial charge in [-0.05, 0) is 0 Å². The summed E-state index contributed by atoms with van der Waals surface area (Å²) in [5.41, 5.74) is 0. The molecule has 3 N–H and O–H groups in total. The van der Waals surface area contributed by atoms with Crippen molar-refractivity contribution < 1.29 is 19.8 Å². The molecule has 0 aromatic rings. The van der Waals surface area contributed by atoms with Crippen molar-refractivity contribution in [3.63, 3.8) is 0 Å². The summed E-state index contributed by atoms with van der Waals surface area (Å²) in [7, 11) is 0. The number of aliphatic hydroxyl groups excluding tert-OH is 1. The lowest BCUT2D eigenvalue weighted by Gasteiger charge is -2.02. The molecule has 0 spiro atoms. The summed E-state index contributed by atoms with van der Waals surface area (Å²) < 4.78 is 0. The molecule has 1 atom stereocenters. The highest BCUT2D eigenvalue weighted by Crippen LogP contribution is 1.87. The van der Waals surface area contributed by atoms with Gasteiger partial charge in [-0.15, -0.1) is 0 Å². The van der Waals surface area contributed by atoms with Gasteiger partial charge in [-0.2, -0.15) is 0 Å².